The number of amides is 1. The highest BCUT2D eigenvalue weighted by Crippen LogP contribution is 2.20. The quantitative estimate of drug-likeness (QED) is 0.932. The van der Waals surface area contributed by atoms with E-state index in [1.165, 1.54) is 6.20 Å². The molecule has 6 heteroatoms. The number of aryl methyl sites for hydroxylation is 1. The second-order valence-electron chi connectivity index (χ2n) is 6.09. The zero-order valence-electron chi connectivity index (χ0n) is 13.9. The van der Waals surface area contributed by atoms with E-state index >= 15 is 0 Å². The van der Waals surface area contributed by atoms with Crippen LogP contribution in [0.4, 0.5) is 0 Å². The van der Waals surface area contributed by atoms with Gasteiger partial charge in [0.25, 0.3) is 11.5 Å². The molecule has 6 nitrogen and oxygen atoms in total. The second-order valence-corrected chi connectivity index (χ2v) is 6.09. The number of aromatic amines is 1. The van der Waals surface area contributed by atoms with Crippen molar-refractivity contribution >= 4 is 5.91 Å². The third kappa shape index (κ3) is 3.23. The highest BCUT2D eigenvalue weighted by molar-refractivity contribution is 5.94. The summed E-state index contributed by atoms with van der Waals surface area (Å²) in [6.45, 7) is 3.12. The fourth-order valence-electron chi connectivity index (χ4n) is 3.03. The van der Waals surface area contributed by atoms with E-state index in [-0.39, 0.29) is 17.5 Å². The fraction of sp³-hybridized carbons (Fsp3) is 0.389. The van der Waals surface area contributed by atoms with Gasteiger partial charge in [0.05, 0.1) is 12.6 Å². The summed E-state index contributed by atoms with van der Waals surface area (Å²) in [4.78, 5) is 33.7. The van der Waals surface area contributed by atoms with E-state index in [1.54, 1.807) is 12.0 Å². The monoisotopic (exact) mass is 327 g/mol. The van der Waals surface area contributed by atoms with E-state index in [0.29, 0.717) is 19.0 Å². The Balaban J connectivity index is 1.86. The molecule has 0 spiro atoms. The van der Waals surface area contributed by atoms with Crippen LogP contribution >= 0.6 is 0 Å². The number of nitrogens with one attached hydrogen (secondary N) is 1. The molecule has 3 rings (SSSR count). The minimum absolute atomic E-state index is 0.0266. The van der Waals surface area contributed by atoms with Crippen LogP contribution in [0.25, 0.3) is 11.4 Å². The van der Waals surface area contributed by atoms with Gasteiger partial charge >= 0.3 is 0 Å². The molecule has 1 aromatic heterocycles. The molecule has 0 unspecified atom stereocenters. The maximum atomic E-state index is 12.7. The number of carbonyl (C=O) groups is 1. The normalized spacial score (nSPS) is 17.2. The molecular formula is C18H21N3O3. The van der Waals surface area contributed by atoms with Crippen molar-refractivity contribution in [3.63, 3.8) is 0 Å². The van der Waals surface area contributed by atoms with Crippen LogP contribution in [0.1, 0.15) is 28.8 Å². The predicted molar refractivity (Wildman–Crippen MR) is 91.0 cm³/mol. The number of likely N-dealkylation sites (tertiary alicyclic amines) is 1. The van der Waals surface area contributed by atoms with Crippen molar-refractivity contribution in [3.8, 4) is 11.4 Å². The van der Waals surface area contributed by atoms with Crippen LogP contribution in [0.15, 0.2) is 35.3 Å². The molecule has 0 bridgehead atoms. The average molecular weight is 327 g/mol. The highest BCUT2D eigenvalue weighted by atomic mass is 16.5. The number of aromatic nitrogens is 2. The van der Waals surface area contributed by atoms with Crippen LogP contribution in [0.5, 0.6) is 0 Å². The molecule has 1 aliphatic heterocycles. The summed E-state index contributed by atoms with van der Waals surface area (Å²) in [5, 5.41) is 0. The number of hydrogen-bond donors (Lipinski definition) is 1. The van der Waals surface area contributed by atoms with Crippen LogP contribution < -0.4 is 5.56 Å². The van der Waals surface area contributed by atoms with Gasteiger partial charge in [-0.05, 0) is 19.8 Å². The molecule has 0 saturated carbocycles. The number of carbonyl (C=O) groups excluding carboxylic acids is 1. The average Bonchev–Trinajstić information content (AvgIpc) is 3.03. The molecule has 24 heavy (non-hydrogen) atoms. The smallest absolute Gasteiger partial charge is 0.264 e. The third-order valence-electron chi connectivity index (χ3n) is 4.35. The first-order valence-corrected chi connectivity index (χ1v) is 8.06. The van der Waals surface area contributed by atoms with Gasteiger partial charge in [-0.1, -0.05) is 29.8 Å². The van der Waals surface area contributed by atoms with Crippen molar-refractivity contribution in [2.45, 2.75) is 25.8 Å². The minimum Gasteiger partial charge on any atom is -0.383 e. The Morgan fingerprint density at radius 2 is 2.12 bits per heavy atom. The van der Waals surface area contributed by atoms with Crippen molar-refractivity contribution in [1.29, 1.82) is 0 Å². The van der Waals surface area contributed by atoms with E-state index in [0.717, 1.165) is 24.0 Å². The highest BCUT2D eigenvalue weighted by Gasteiger charge is 2.30. The van der Waals surface area contributed by atoms with Gasteiger partial charge in [-0.15, -0.1) is 0 Å². The van der Waals surface area contributed by atoms with Crippen LogP contribution in [-0.2, 0) is 4.74 Å². The molecule has 2 heterocycles. The first kappa shape index (κ1) is 16.4. The summed E-state index contributed by atoms with van der Waals surface area (Å²) in [6.07, 6.45) is 3.19. The number of hydrogen-bond acceptors (Lipinski definition) is 4. The zero-order chi connectivity index (χ0) is 17.1. The summed E-state index contributed by atoms with van der Waals surface area (Å²) >= 11 is 0. The molecule has 1 saturated heterocycles. The largest absolute Gasteiger partial charge is 0.383 e. The molecule has 2 aromatic rings. The number of benzene rings is 1. The summed E-state index contributed by atoms with van der Waals surface area (Å²) in [7, 11) is 1.62. The third-order valence-corrected chi connectivity index (χ3v) is 4.35. The van der Waals surface area contributed by atoms with E-state index in [9.17, 15) is 9.59 Å². The van der Waals surface area contributed by atoms with Crippen molar-refractivity contribution in [2.24, 2.45) is 0 Å². The molecular weight excluding hydrogens is 306 g/mol. The van der Waals surface area contributed by atoms with E-state index < -0.39 is 5.56 Å². The number of rotatable bonds is 4. The SMILES string of the molecule is COC[C@@H]1CCCN1C(=O)c1cnc(-c2ccc(C)cc2)[nH]c1=O. The van der Waals surface area contributed by atoms with E-state index in [2.05, 4.69) is 9.97 Å². The van der Waals surface area contributed by atoms with Gasteiger partial charge in [0.15, 0.2) is 0 Å². The molecule has 1 aromatic carbocycles. The molecule has 0 radical (unpaired) electrons. The minimum atomic E-state index is -0.409. The molecule has 1 atom stereocenters. The van der Waals surface area contributed by atoms with Gasteiger partial charge < -0.3 is 14.6 Å². The van der Waals surface area contributed by atoms with Gasteiger partial charge in [0, 0.05) is 25.4 Å². The first-order chi connectivity index (χ1) is 11.6. The summed E-state index contributed by atoms with van der Waals surface area (Å²) in [5.41, 5.74) is 1.61. The van der Waals surface area contributed by atoms with Gasteiger partial charge in [0.1, 0.15) is 11.4 Å². The number of methoxy groups -OCH3 is 1. The molecule has 1 fully saturated rings. The number of nitrogens with zero attached hydrogens (tertiary/aromatic N) is 2. The Labute approximate surface area is 140 Å². The molecule has 126 valence electrons. The van der Waals surface area contributed by atoms with E-state index in [4.69, 9.17) is 4.74 Å². The predicted octanol–water partition coefficient (Wildman–Crippen LogP) is 2.00. The maximum absolute atomic E-state index is 12.7. The lowest BCUT2D eigenvalue weighted by Gasteiger charge is -2.23. The number of ether oxygens (including phenoxy) is 1. The lowest BCUT2D eigenvalue weighted by molar-refractivity contribution is 0.0628. The Morgan fingerprint density at radius 1 is 1.38 bits per heavy atom. The second kappa shape index (κ2) is 6.97. The molecule has 0 aliphatic carbocycles. The van der Waals surface area contributed by atoms with Crippen LogP contribution in [-0.4, -0.2) is 47.1 Å². The van der Waals surface area contributed by atoms with Gasteiger partial charge in [-0.2, -0.15) is 0 Å². The van der Waals surface area contributed by atoms with Gasteiger partial charge in [-0.3, -0.25) is 9.59 Å². The standard InChI is InChI=1S/C18H21N3O3/c1-12-5-7-13(8-6-12)16-19-10-15(17(22)20-16)18(23)21-9-3-4-14(21)11-24-2/h5-8,10,14H,3-4,9,11H2,1-2H3,(H,19,20,22)/t14-/m0/s1. The van der Waals surface area contributed by atoms with Gasteiger partial charge in [-0.25, -0.2) is 4.98 Å². The first-order valence-electron chi connectivity index (χ1n) is 8.06. The van der Waals surface area contributed by atoms with Crippen molar-refractivity contribution in [3.05, 3.63) is 51.9 Å². The maximum Gasteiger partial charge on any atom is 0.264 e. The Bertz CT molecular complexity index is 783. The molecule has 1 N–H and O–H groups in total. The summed E-state index contributed by atoms with van der Waals surface area (Å²) in [5.74, 6) is 0.185. The van der Waals surface area contributed by atoms with Crippen LogP contribution in [0.2, 0.25) is 0 Å². The van der Waals surface area contributed by atoms with Crippen molar-refractivity contribution < 1.29 is 9.53 Å². The van der Waals surface area contributed by atoms with Crippen molar-refractivity contribution in [1.82, 2.24) is 14.9 Å². The van der Waals surface area contributed by atoms with Crippen LogP contribution in [0.3, 0.4) is 0 Å². The van der Waals surface area contributed by atoms with E-state index in [1.807, 2.05) is 31.2 Å². The van der Waals surface area contributed by atoms with Crippen molar-refractivity contribution in [2.75, 3.05) is 20.3 Å². The molecule has 1 aliphatic rings. The lowest BCUT2D eigenvalue weighted by atomic mass is 10.1. The summed E-state index contributed by atoms with van der Waals surface area (Å²) < 4.78 is 5.16. The lowest BCUT2D eigenvalue weighted by Crippen LogP contribution is -2.40. The zero-order valence-corrected chi connectivity index (χ0v) is 13.9. The Morgan fingerprint density at radius 3 is 2.79 bits per heavy atom. The number of H-pyrrole nitrogens is 1. The van der Waals surface area contributed by atoms with Crippen LogP contribution in [0, 0.1) is 6.92 Å². The Kier molecular flexibility index (Phi) is 4.76. The Hall–Kier alpha value is -2.47. The fourth-order valence-corrected chi connectivity index (χ4v) is 3.03. The topological polar surface area (TPSA) is 75.3 Å². The molecule has 1 amide bonds. The summed E-state index contributed by atoms with van der Waals surface area (Å²) in [6, 6.07) is 7.72. The van der Waals surface area contributed by atoms with Gasteiger partial charge in [0.2, 0.25) is 0 Å².